The zero-order valence-electron chi connectivity index (χ0n) is 25.3. The number of aryl methyl sites for hydroxylation is 1. The lowest BCUT2D eigenvalue weighted by molar-refractivity contribution is 0.0600. The van der Waals surface area contributed by atoms with Crippen LogP contribution in [0.5, 0.6) is 0 Å². The van der Waals surface area contributed by atoms with Crippen LogP contribution in [-0.2, 0) is 24.8 Å². The number of carbonyl (C=O) groups is 3. The number of benzene rings is 2. The quantitative estimate of drug-likeness (QED) is 0.0926. The van der Waals surface area contributed by atoms with Crippen molar-refractivity contribution in [1.82, 2.24) is 19.8 Å². The highest BCUT2D eigenvalue weighted by Crippen LogP contribution is 2.30. The number of methoxy groups -OCH3 is 1. The SMILES string of the molecule is CCCCN(CCCC)C(=O)c1cn(C)c(-c2ccc(C(=O)OC)cc2C(=O)c2cccc3c2CC(CN=[N+]=[N-])NC3)n1. The second-order valence-corrected chi connectivity index (χ2v) is 10.8. The molecule has 1 aromatic heterocycles. The fraction of sp³-hybridized carbons (Fsp3) is 0.438. The second-order valence-electron chi connectivity index (χ2n) is 10.8. The van der Waals surface area contributed by atoms with Crippen LogP contribution in [0.25, 0.3) is 21.8 Å². The summed E-state index contributed by atoms with van der Waals surface area (Å²) >= 11 is 0. The van der Waals surface area contributed by atoms with Gasteiger partial charge in [0.25, 0.3) is 5.91 Å². The molecule has 2 heterocycles. The molecule has 0 aliphatic carbocycles. The van der Waals surface area contributed by atoms with Gasteiger partial charge in [0.15, 0.2) is 5.78 Å². The van der Waals surface area contributed by atoms with Gasteiger partial charge in [-0.1, -0.05) is 50.0 Å². The number of ketones is 1. The Labute approximate surface area is 251 Å². The number of fused-ring (bicyclic) bond motifs is 1. The van der Waals surface area contributed by atoms with Gasteiger partial charge in [-0.05, 0) is 54.1 Å². The Bertz CT molecular complexity index is 1530. The molecular weight excluding hydrogens is 546 g/mol. The molecule has 1 N–H and O–H groups in total. The molecule has 226 valence electrons. The van der Waals surface area contributed by atoms with E-state index in [2.05, 4.69) is 29.2 Å². The molecule has 0 bridgehead atoms. The van der Waals surface area contributed by atoms with Gasteiger partial charge < -0.3 is 19.5 Å². The third kappa shape index (κ3) is 7.13. The number of nitrogens with one attached hydrogen (secondary N) is 1. The van der Waals surface area contributed by atoms with E-state index in [-0.39, 0.29) is 35.4 Å². The number of nitrogens with zero attached hydrogens (tertiary/aromatic N) is 6. The van der Waals surface area contributed by atoms with Gasteiger partial charge in [-0.2, -0.15) is 0 Å². The summed E-state index contributed by atoms with van der Waals surface area (Å²) in [5, 5.41) is 7.06. The first-order valence-corrected chi connectivity index (χ1v) is 14.8. The van der Waals surface area contributed by atoms with Gasteiger partial charge in [0.1, 0.15) is 11.5 Å². The lowest BCUT2D eigenvalue weighted by atomic mass is 9.86. The summed E-state index contributed by atoms with van der Waals surface area (Å²) in [5.74, 6) is -0.529. The molecule has 43 heavy (non-hydrogen) atoms. The van der Waals surface area contributed by atoms with Crippen LogP contribution in [0.4, 0.5) is 0 Å². The molecule has 1 aliphatic rings. The number of esters is 1. The third-order valence-corrected chi connectivity index (χ3v) is 7.79. The van der Waals surface area contributed by atoms with E-state index in [9.17, 15) is 14.4 Å². The van der Waals surface area contributed by atoms with Gasteiger partial charge in [-0.15, -0.1) is 0 Å². The maximum absolute atomic E-state index is 14.3. The number of carbonyl (C=O) groups excluding carboxylic acids is 3. The highest BCUT2D eigenvalue weighted by molar-refractivity contribution is 6.14. The first-order chi connectivity index (χ1) is 20.8. The van der Waals surface area contributed by atoms with Crippen LogP contribution in [0.2, 0.25) is 0 Å². The van der Waals surface area contributed by atoms with Crippen molar-refractivity contribution >= 4 is 17.7 Å². The summed E-state index contributed by atoms with van der Waals surface area (Å²) in [4.78, 5) is 49.8. The van der Waals surface area contributed by atoms with Crippen LogP contribution >= 0.6 is 0 Å². The molecule has 4 rings (SSSR count). The molecule has 1 aliphatic heterocycles. The van der Waals surface area contributed by atoms with E-state index < -0.39 is 5.97 Å². The van der Waals surface area contributed by atoms with Crippen LogP contribution in [0.1, 0.15) is 87.4 Å². The number of hydrogen-bond donors (Lipinski definition) is 1. The van der Waals surface area contributed by atoms with Crippen molar-refractivity contribution in [2.24, 2.45) is 12.2 Å². The van der Waals surface area contributed by atoms with Crippen molar-refractivity contribution in [1.29, 1.82) is 0 Å². The number of azide groups is 1. The molecule has 0 radical (unpaired) electrons. The van der Waals surface area contributed by atoms with Crippen molar-refractivity contribution in [3.8, 4) is 11.4 Å². The van der Waals surface area contributed by atoms with E-state index in [1.165, 1.54) is 13.2 Å². The first kappa shape index (κ1) is 31.5. The van der Waals surface area contributed by atoms with Gasteiger partial charge in [-0.3, -0.25) is 9.59 Å². The topological polar surface area (TPSA) is 142 Å². The zero-order valence-corrected chi connectivity index (χ0v) is 25.3. The van der Waals surface area contributed by atoms with Crippen molar-refractivity contribution in [3.63, 3.8) is 0 Å². The number of rotatable bonds is 13. The number of aromatic nitrogens is 2. The van der Waals surface area contributed by atoms with Crippen LogP contribution in [0.15, 0.2) is 47.7 Å². The number of hydrogen-bond acceptors (Lipinski definition) is 7. The molecule has 11 heteroatoms. The fourth-order valence-electron chi connectivity index (χ4n) is 5.40. The van der Waals surface area contributed by atoms with Crippen molar-refractivity contribution in [3.05, 3.63) is 86.5 Å². The van der Waals surface area contributed by atoms with E-state index in [4.69, 9.17) is 15.3 Å². The first-order valence-electron chi connectivity index (χ1n) is 14.8. The van der Waals surface area contributed by atoms with Crippen molar-refractivity contribution in [2.45, 2.75) is 58.5 Å². The molecule has 0 saturated carbocycles. The summed E-state index contributed by atoms with van der Waals surface area (Å²) in [6.45, 7) is 6.31. The molecule has 3 aromatic rings. The highest BCUT2D eigenvalue weighted by atomic mass is 16.5. The molecule has 11 nitrogen and oxygen atoms in total. The maximum atomic E-state index is 14.3. The second kappa shape index (κ2) is 14.6. The summed E-state index contributed by atoms with van der Waals surface area (Å²) in [5.41, 5.74) is 12.5. The average molecular weight is 586 g/mol. The van der Waals surface area contributed by atoms with E-state index in [0.717, 1.165) is 36.8 Å². The lowest BCUT2D eigenvalue weighted by Gasteiger charge is -2.27. The Hall–Kier alpha value is -4.47. The van der Waals surface area contributed by atoms with E-state index in [1.54, 1.807) is 36.0 Å². The Morgan fingerprint density at radius 2 is 1.88 bits per heavy atom. The Kier molecular flexibility index (Phi) is 10.7. The minimum atomic E-state index is -0.562. The monoisotopic (exact) mass is 585 g/mol. The number of unbranched alkanes of at least 4 members (excludes halogenated alkanes) is 2. The Balaban J connectivity index is 1.78. The van der Waals surface area contributed by atoms with Crippen LogP contribution < -0.4 is 5.32 Å². The number of amides is 1. The zero-order chi connectivity index (χ0) is 30.9. The largest absolute Gasteiger partial charge is 0.465 e. The summed E-state index contributed by atoms with van der Waals surface area (Å²) in [6.07, 6.45) is 5.97. The predicted molar refractivity (Wildman–Crippen MR) is 164 cm³/mol. The van der Waals surface area contributed by atoms with Crippen LogP contribution in [-0.4, -0.2) is 64.9 Å². The van der Waals surface area contributed by atoms with Gasteiger partial charge in [0.05, 0.1) is 12.7 Å². The van der Waals surface area contributed by atoms with Crippen LogP contribution in [0.3, 0.4) is 0 Å². The van der Waals surface area contributed by atoms with Crippen LogP contribution in [0, 0.1) is 0 Å². The predicted octanol–water partition coefficient (Wildman–Crippen LogP) is 5.47. The summed E-state index contributed by atoms with van der Waals surface area (Å²) in [7, 11) is 3.09. The average Bonchev–Trinajstić information content (AvgIpc) is 3.43. The van der Waals surface area contributed by atoms with Gasteiger partial charge >= 0.3 is 5.97 Å². The molecule has 0 fully saturated rings. The molecule has 0 saturated heterocycles. The van der Waals surface area contributed by atoms with E-state index in [0.29, 0.717) is 48.7 Å². The fourth-order valence-corrected chi connectivity index (χ4v) is 5.40. The molecular formula is C32H39N7O4. The third-order valence-electron chi connectivity index (χ3n) is 7.79. The Morgan fingerprint density at radius 3 is 2.56 bits per heavy atom. The normalized spacial score (nSPS) is 14.0. The number of ether oxygens (including phenoxy) is 1. The van der Waals surface area contributed by atoms with E-state index >= 15 is 0 Å². The molecule has 1 atom stereocenters. The van der Waals surface area contributed by atoms with Crippen molar-refractivity contribution in [2.75, 3.05) is 26.7 Å². The van der Waals surface area contributed by atoms with Gasteiger partial charge in [0, 0.05) is 67.1 Å². The lowest BCUT2D eigenvalue weighted by Crippen LogP contribution is -2.38. The standard InChI is InChI=1S/C32H39N7O4/c1-5-7-14-39(15-8-6-2)31(41)28-20-38(3)30(36-28)25-13-12-21(32(42)43-4)16-27(25)29(40)24-11-9-10-22-18-34-23(17-26(22)24)19-35-37-33/h9-13,16,20,23,34H,5-8,14-15,17-19H2,1-4H3. The van der Waals surface area contributed by atoms with E-state index in [1.807, 2.05) is 17.0 Å². The Morgan fingerprint density at radius 1 is 1.14 bits per heavy atom. The minimum Gasteiger partial charge on any atom is -0.465 e. The van der Waals surface area contributed by atoms with Gasteiger partial charge in [-0.25, -0.2) is 9.78 Å². The molecule has 1 unspecified atom stereocenters. The minimum absolute atomic E-state index is 0.107. The molecule has 1 amide bonds. The highest BCUT2D eigenvalue weighted by Gasteiger charge is 2.27. The molecule has 2 aromatic carbocycles. The summed E-state index contributed by atoms with van der Waals surface area (Å²) < 4.78 is 6.69. The number of imidazole rings is 1. The smallest absolute Gasteiger partial charge is 0.337 e. The maximum Gasteiger partial charge on any atom is 0.337 e. The summed E-state index contributed by atoms with van der Waals surface area (Å²) in [6, 6.07) is 10.3. The molecule has 0 spiro atoms. The van der Waals surface area contributed by atoms with Crippen molar-refractivity contribution < 1.29 is 19.1 Å². The van der Waals surface area contributed by atoms with Gasteiger partial charge in [0.2, 0.25) is 0 Å².